The van der Waals surface area contributed by atoms with Crippen LogP contribution in [0.1, 0.15) is 38.5 Å². The van der Waals surface area contributed by atoms with Crippen LogP contribution < -0.4 is 0 Å². The fraction of sp³-hybridized carbons (Fsp3) is 0.800. The Labute approximate surface area is 68.1 Å². The molecule has 1 nitrogen and oxygen atoms in total. The maximum Gasteiger partial charge on any atom is 0.0577 e. The smallest absolute Gasteiger partial charge is 0.0577 e. The van der Waals surface area contributed by atoms with Gasteiger partial charge in [0, 0.05) is 0 Å². The lowest BCUT2D eigenvalue weighted by molar-refractivity contribution is 0.132. The van der Waals surface area contributed by atoms with Gasteiger partial charge in [0.25, 0.3) is 0 Å². The minimum Gasteiger partial charge on any atom is -0.393 e. The second-order valence-corrected chi connectivity index (χ2v) is 3.84. The van der Waals surface area contributed by atoms with Crippen molar-refractivity contribution in [1.29, 1.82) is 0 Å². The number of aliphatic hydroxyl groups is 1. The van der Waals surface area contributed by atoms with E-state index in [0.717, 1.165) is 18.8 Å². The number of rotatable bonds is 0. The molecule has 2 rings (SSSR count). The summed E-state index contributed by atoms with van der Waals surface area (Å²) >= 11 is 0. The second-order valence-electron chi connectivity index (χ2n) is 3.84. The Morgan fingerprint density at radius 3 is 3.09 bits per heavy atom. The van der Waals surface area contributed by atoms with Crippen LogP contribution in [0.2, 0.25) is 0 Å². The Morgan fingerprint density at radius 1 is 1.27 bits per heavy atom. The molecule has 0 aromatic carbocycles. The van der Waals surface area contributed by atoms with Gasteiger partial charge in [0.05, 0.1) is 6.10 Å². The first-order valence-corrected chi connectivity index (χ1v) is 4.73. The molecule has 1 fully saturated rings. The fourth-order valence-corrected chi connectivity index (χ4v) is 2.35. The molecule has 0 saturated heterocycles. The summed E-state index contributed by atoms with van der Waals surface area (Å²) in [6.45, 7) is 0. The molecule has 2 aliphatic carbocycles. The first-order chi connectivity index (χ1) is 5.36. The quantitative estimate of drug-likeness (QED) is 0.528. The highest BCUT2D eigenvalue weighted by Gasteiger charge is 2.25. The maximum atomic E-state index is 9.41. The van der Waals surface area contributed by atoms with Crippen LogP contribution in [-0.4, -0.2) is 11.2 Å². The van der Waals surface area contributed by atoms with Crippen molar-refractivity contribution in [3.8, 4) is 0 Å². The molecule has 0 radical (unpaired) electrons. The largest absolute Gasteiger partial charge is 0.393 e. The summed E-state index contributed by atoms with van der Waals surface area (Å²) in [6.07, 6.45) is 9.54. The second kappa shape index (κ2) is 2.98. The molecule has 0 heterocycles. The molecular weight excluding hydrogens is 136 g/mol. The number of hydrogen-bond acceptors (Lipinski definition) is 1. The summed E-state index contributed by atoms with van der Waals surface area (Å²) in [5.41, 5.74) is 1.55. The lowest BCUT2D eigenvalue weighted by Gasteiger charge is -2.31. The number of allylic oxidation sites excluding steroid dienone is 1. The van der Waals surface area contributed by atoms with Gasteiger partial charge in [-0.1, -0.05) is 11.6 Å². The van der Waals surface area contributed by atoms with Gasteiger partial charge in [-0.2, -0.15) is 0 Å². The SMILES string of the molecule is OC1CCC2CCCC=C2C1. The van der Waals surface area contributed by atoms with E-state index in [-0.39, 0.29) is 6.10 Å². The molecule has 1 N–H and O–H groups in total. The topological polar surface area (TPSA) is 20.2 Å². The zero-order valence-electron chi connectivity index (χ0n) is 6.92. The first-order valence-electron chi connectivity index (χ1n) is 4.73. The van der Waals surface area contributed by atoms with E-state index in [9.17, 15) is 5.11 Å². The highest BCUT2D eigenvalue weighted by Crippen LogP contribution is 2.36. The van der Waals surface area contributed by atoms with Crippen molar-refractivity contribution < 1.29 is 5.11 Å². The molecule has 0 aromatic heterocycles. The molecule has 0 bridgehead atoms. The van der Waals surface area contributed by atoms with E-state index in [1.165, 1.54) is 25.7 Å². The fourth-order valence-electron chi connectivity index (χ4n) is 2.35. The molecule has 0 aromatic rings. The Hall–Kier alpha value is -0.300. The average Bonchev–Trinajstić information content (AvgIpc) is 2.04. The van der Waals surface area contributed by atoms with Crippen molar-refractivity contribution in [3.63, 3.8) is 0 Å². The third-order valence-electron chi connectivity index (χ3n) is 3.01. The van der Waals surface area contributed by atoms with E-state index >= 15 is 0 Å². The highest BCUT2D eigenvalue weighted by molar-refractivity contribution is 5.13. The van der Waals surface area contributed by atoms with Gasteiger partial charge in [-0.25, -0.2) is 0 Å². The molecule has 0 spiro atoms. The van der Waals surface area contributed by atoms with E-state index in [4.69, 9.17) is 0 Å². The lowest BCUT2D eigenvalue weighted by Crippen LogP contribution is -2.22. The van der Waals surface area contributed by atoms with Crippen molar-refractivity contribution in [1.82, 2.24) is 0 Å². The monoisotopic (exact) mass is 152 g/mol. The Kier molecular flexibility index (Phi) is 1.99. The third kappa shape index (κ3) is 1.48. The Balaban J connectivity index is 2.07. The van der Waals surface area contributed by atoms with Crippen molar-refractivity contribution in [2.75, 3.05) is 0 Å². The zero-order valence-corrected chi connectivity index (χ0v) is 6.92. The van der Waals surface area contributed by atoms with E-state index in [0.29, 0.717) is 0 Å². The molecule has 0 amide bonds. The summed E-state index contributed by atoms with van der Waals surface area (Å²) < 4.78 is 0. The molecule has 1 saturated carbocycles. The summed E-state index contributed by atoms with van der Waals surface area (Å²) in [5, 5.41) is 9.41. The minimum atomic E-state index is -0.0319. The van der Waals surface area contributed by atoms with Crippen LogP contribution in [0, 0.1) is 5.92 Å². The van der Waals surface area contributed by atoms with Gasteiger partial charge in [0.15, 0.2) is 0 Å². The van der Waals surface area contributed by atoms with Gasteiger partial charge in [0.2, 0.25) is 0 Å². The van der Waals surface area contributed by atoms with Crippen molar-refractivity contribution >= 4 is 0 Å². The van der Waals surface area contributed by atoms with Gasteiger partial charge in [-0.15, -0.1) is 0 Å². The highest BCUT2D eigenvalue weighted by atomic mass is 16.3. The van der Waals surface area contributed by atoms with E-state index in [1.54, 1.807) is 5.57 Å². The minimum absolute atomic E-state index is 0.0319. The van der Waals surface area contributed by atoms with Crippen molar-refractivity contribution in [2.24, 2.45) is 5.92 Å². The lowest BCUT2D eigenvalue weighted by atomic mass is 9.77. The van der Waals surface area contributed by atoms with E-state index < -0.39 is 0 Å². The Morgan fingerprint density at radius 2 is 2.18 bits per heavy atom. The summed E-state index contributed by atoms with van der Waals surface area (Å²) in [4.78, 5) is 0. The molecule has 1 heteroatoms. The number of hydrogen-bond donors (Lipinski definition) is 1. The molecular formula is C10H16O. The normalized spacial score (nSPS) is 37.7. The molecule has 11 heavy (non-hydrogen) atoms. The maximum absolute atomic E-state index is 9.41. The molecule has 2 unspecified atom stereocenters. The Bertz CT molecular complexity index is 172. The summed E-state index contributed by atoms with van der Waals surface area (Å²) in [5.74, 6) is 0.840. The van der Waals surface area contributed by atoms with Crippen LogP contribution in [-0.2, 0) is 0 Å². The zero-order chi connectivity index (χ0) is 7.68. The van der Waals surface area contributed by atoms with E-state index in [1.807, 2.05) is 0 Å². The van der Waals surface area contributed by atoms with Crippen molar-refractivity contribution in [3.05, 3.63) is 11.6 Å². The van der Waals surface area contributed by atoms with Gasteiger partial charge >= 0.3 is 0 Å². The first kappa shape index (κ1) is 7.35. The van der Waals surface area contributed by atoms with Crippen LogP contribution in [0.25, 0.3) is 0 Å². The van der Waals surface area contributed by atoms with Crippen molar-refractivity contribution in [2.45, 2.75) is 44.6 Å². The van der Waals surface area contributed by atoms with Crippen LogP contribution in [0.5, 0.6) is 0 Å². The average molecular weight is 152 g/mol. The number of aliphatic hydroxyl groups excluding tert-OH is 1. The van der Waals surface area contributed by atoms with Crippen LogP contribution >= 0.6 is 0 Å². The van der Waals surface area contributed by atoms with Crippen LogP contribution in [0.15, 0.2) is 11.6 Å². The summed E-state index contributed by atoms with van der Waals surface area (Å²) in [7, 11) is 0. The van der Waals surface area contributed by atoms with Gasteiger partial charge < -0.3 is 5.11 Å². The van der Waals surface area contributed by atoms with Gasteiger partial charge in [0.1, 0.15) is 0 Å². The van der Waals surface area contributed by atoms with Gasteiger partial charge in [-0.05, 0) is 44.4 Å². The third-order valence-corrected chi connectivity index (χ3v) is 3.01. The van der Waals surface area contributed by atoms with E-state index in [2.05, 4.69) is 6.08 Å². The van der Waals surface area contributed by atoms with Gasteiger partial charge in [-0.3, -0.25) is 0 Å². The summed E-state index contributed by atoms with van der Waals surface area (Å²) in [6, 6.07) is 0. The van der Waals surface area contributed by atoms with Crippen LogP contribution in [0.4, 0.5) is 0 Å². The standard InChI is InChI=1S/C10H16O/c11-10-6-5-8-3-1-2-4-9(8)7-10/h4,8,10-11H,1-3,5-7H2. The molecule has 2 atom stereocenters. The number of fused-ring (bicyclic) bond motifs is 1. The molecule has 0 aliphatic heterocycles. The van der Waals surface area contributed by atoms with Crippen LogP contribution in [0.3, 0.4) is 0 Å². The molecule has 2 aliphatic rings. The molecule has 62 valence electrons. The predicted molar refractivity (Wildman–Crippen MR) is 45.3 cm³/mol. The predicted octanol–water partition coefficient (Wildman–Crippen LogP) is 2.26.